The molecule has 0 aliphatic heterocycles. The molecule has 0 bridgehead atoms. The van der Waals surface area contributed by atoms with Crippen LogP contribution in [0.3, 0.4) is 0 Å². The number of aromatic nitrogens is 1. The molecule has 23 heavy (non-hydrogen) atoms. The van der Waals surface area contributed by atoms with Gasteiger partial charge in [-0.2, -0.15) is 0 Å². The molecule has 0 aliphatic rings. The summed E-state index contributed by atoms with van der Waals surface area (Å²) in [6, 6.07) is 0. The Labute approximate surface area is 142 Å². The number of thiazole rings is 1. The van der Waals surface area contributed by atoms with Gasteiger partial charge < -0.3 is 15.4 Å². The summed E-state index contributed by atoms with van der Waals surface area (Å²) in [6.07, 6.45) is 2.05. The van der Waals surface area contributed by atoms with Crippen molar-refractivity contribution in [3.05, 3.63) is 15.6 Å². The zero-order chi connectivity index (χ0) is 17.3. The lowest BCUT2D eigenvalue weighted by molar-refractivity contribution is 0.154. The predicted molar refractivity (Wildman–Crippen MR) is 95.2 cm³/mol. The fraction of sp³-hybridized carbons (Fsp3) is 0.714. The molecule has 132 valence electrons. The third-order valence-electron chi connectivity index (χ3n) is 3.07. The fourth-order valence-corrected chi connectivity index (χ4v) is 3.06. The van der Waals surface area contributed by atoms with E-state index >= 15 is 0 Å². The van der Waals surface area contributed by atoms with Crippen LogP contribution in [0.15, 0.2) is 4.99 Å². The van der Waals surface area contributed by atoms with Gasteiger partial charge in [0.1, 0.15) is 9.84 Å². The number of aliphatic imine (C=N–C) groups is 1. The average Bonchev–Trinajstić information content (AvgIpc) is 2.78. The molecule has 0 fully saturated rings. The molecule has 0 amide bonds. The number of sulfone groups is 1. The quantitative estimate of drug-likeness (QED) is 0.378. The lowest BCUT2D eigenvalue weighted by atomic mass is 10.4. The summed E-state index contributed by atoms with van der Waals surface area (Å²) < 4.78 is 27.2. The van der Waals surface area contributed by atoms with Gasteiger partial charge >= 0.3 is 0 Å². The monoisotopic (exact) mass is 362 g/mol. The van der Waals surface area contributed by atoms with Crippen molar-refractivity contribution in [2.45, 2.75) is 20.3 Å². The zero-order valence-corrected chi connectivity index (χ0v) is 15.8. The zero-order valence-electron chi connectivity index (χ0n) is 14.2. The van der Waals surface area contributed by atoms with E-state index in [2.05, 4.69) is 27.5 Å². The second-order valence-corrected chi connectivity index (χ2v) is 8.71. The largest absolute Gasteiger partial charge is 0.379 e. The highest BCUT2D eigenvalue weighted by atomic mass is 32.2. The Morgan fingerprint density at radius 2 is 1.96 bits per heavy atom. The number of guanidine groups is 1. The van der Waals surface area contributed by atoms with Crippen LogP contribution in [-0.2, 0) is 21.0 Å². The van der Waals surface area contributed by atoms with Crippen molar-refractivity contribution in [1.82, 2.24) is 15.6 Å². The minimum Gasteiger partial charge on any atom is -0.379 e. The van der Waals surface area contributed by atoms with Gasteiger partial charge in [-0.1, -0.05) is 0 Å². The molecule has 1 aromatic rings. The molecule has 0 atom stereocenters. The summed E-state index contributed by atoms with van der Waals surface area (Å²) in [5, 5.41) is 7.45. The number of nitrogens with one attached hydrogen (secondary N) is 2. The molecular formula is C14H26N4O3S2. The van der Waals surface area contributed by atoms with Crippen molar-refractivity contribution in [2.75, 3.05) is 45.4 Å². The molecule has 0 spiro atoms. The van der Waals surface area contributed by atoms with Crippen molar-refractivity contribution >= 4 is 27.1 Å². The first-order valence-electron chi connectivity index (χ1n) is 7.44. The van der Waals surface area contributed by atoms with Gasteiger partial charge in [0.25, 0.3) is 0 Å². The minimum atomic E-state index is -2.96. The van der Waals surface area contributed by atoms with Crippen LogP contribution in [0.4, 0.5) is 0 Å². The number of hydrogen-bond acceptors (Lipinski definition) is 6. The highest BCUT2D eigenvalue weighted by molar-refractivity contribution is 7.90. The Kier molecular flexibility index (Phi) is 8.49. The lowest BCUT2D eigenvalue weighted by Gasteiger charge is -2.11. The van der Waals surface area contributed by atoms with E-state index in [0.717, 1.165) is 23.7 Å². The number of rotatable bonds is 9. The van der Waals surface area contributed by atoms with Crippen molar-refractivity contribution in [1.29, 1.82) is 0 Å². The second-order valence-electron chi connectivity index (χ2n) is 5.17. The minimum absolute atomic E-state index is 0.0482. The standard InChI is InChI=1S/C14H26N4O3S2/c1-11-12(2)22-13(18-11)5-6-16-14(15-3)17-7-8-21-9-10-23(4,19)20/h5-10H2,1-4H3,(H2,15,16,17). The Hall–Kier alpha value is -1.19. The van der Waals surface area contributed by atoms with E-state index in [9.17, 15) is 8.42 Å². The van der Waals surface area contributed by atoms with Crippen LogP contribution in [0.25, 0.3) is 0 Å². The van der Waals surface area contributed by atoms with Crippen molar-refractivity contribution in [2.24, 2.45) is 4.99 Å². The van der Waals surface area contributed by atoms with Gasteiger partial charge in [-0.15, -0.1) is 11.3 Å². The number of aryl methyl sites for hydroxylation is 2. The van der Waals surface area contributed by atoms with E-state index in [4.69, 9.17) is 4.74 Å². The normalized spacial score (nSPS) is 12.4. The third kappa shape index (κ3) is 8.87. The molecule has 0 radical (unpaired) electrons. The summed E-state index contributed by atoms with van der Waals surface area (Å²) in [5.74, 6) is 0.744. The van der Waals surface area contributed by atoms with Gasteiger partial charge in [-0.3, -0.25) is 4.99 Å². The van der Waals surface area contributed by atoms with Crippen LogP contribution in [0, 0.1) is 13.8 Å². The molecule has 0 saturated carbocycles. The van der Waals surface area contributed by atoms with Gasteiger partial charge in [-0.25, -0.2) is 13.4 Å². The summed E-state index contributed by atoms with van der Waals surface area (Å²) in [4.78, 5) is 9.88. The van der Waals surface area contributed by atoms with Gasteiger partial charge in [0.2, 0.25) is 0 Å². The van der Waals surface area contributed by atoms with E-state index in [1.54, 1.807) is 18.4 Å². The maximum atomic E-state index is 10.9. The highest BCUT2D eigenvalue weighted by Gasteiger charge is 2.04. The molecule has 7 nitrogen and oxygen atoms in total. The first-order chi connectivity index (χ1) is 10.8. The van der Waals surface area contributed by atoms with Crippen LogP contribution >= 0.6 is 11.3 Å². The number of hydrogen-bond donors (Lipinski definition) is 2. The summed E-state index contributed by atoms with van der Waals surface area (Å²) in [5.41, 5.74) is 1.10. The molecule has 1 heterocycles. The van der Waals surface area contributed by atoms with Crippen LogP contribution in [-0.4, -0.2) is 64.7 Å². The van der Waals surface area contributed by atoms with Crippen LogP contribution in [0.5, 0.6) is 0 Å². The molecule has 1 aromatic heterocycles. The van der Waals surface area contributed by atoms with E-state index < -0.39 is 9.84 Å². The molecule has 0 aliphatic carbocycles. The maximum absolute atomic E-state index is 10.9. The average molecular weight is 363 g/mol. The number of ether oxygens (including phenoxy) is 1. The summed E-state index contributed by atoms with van der Waals surface area (Å²) in [6.45, 7) is 6.07. The Morgan fingerprint density at radius 3 is 2.52 bits per heavy atom. The van der Waals surface area contributed by atoms with Crippen molar-refractivity contribution in [3.63, 3.8) is 0 Å². The maximum Gasteiger partial charge on any atom is 0.191 e. The first-order valence-corrected chi connectivity index (χ1v) is 10.3. The molecule has 1 rings (SSSR count). The fourth-order valence-electron chi connectivity index (χ4n) is 1.71. The first kappa shape index (κ1) is 19.9. The summed E-state index contributed by atoms with van der Waals surface area (Å²) in [7, 11) is -1.25. The lowest BCUT2D eigenvalue weighted by Crippen LogP contribution is -2.39. The topological polar surface area (TPSA) is 92.7 Å². The molecule has 0 unspecified atom stereocenters. The highest BCUT2D eigenvalue weighted by Crippen LogP contribution is 2.16. The van der Waals surface area contributed by atoms with Gasteiger partial charge in [0, 0.05) is 37.7 Å². The predicted octanol–water partition coefficient (Wildman–Crippen LogP) is 0.529. The van der Waals surface area contributed by atoms with E-state index in [1.807, 2.05) is 6.92 Å². The van der Waals surface area contributed by atoms with Gasteiger partial charge in [0.15, 0.2) is 5.96 Å². The third-order valence-corrected chi connectivity index (χ3v) is 5.11. The van der Waals surface area contributed by atoms with E-state index in [0.29, 0.717) is 19.1 Å². The SMILES string of the molecule is CN=C(NCCOCCS(C)(=O)=O)NCCc1nc(C)c(C)s1. The summed E-state index contributed by atoms with van der Waals surface area (Å²) >= 11 is 1.72. The van der Waals surface area contributed by atoms with Crippen LogP contribution in [0.2, 0.25) is 0 Å². The van der Waals surface area contributed by atoms with Crippen molar-refractivity contribution < 1.29 is 13.2 Å². The van der Waals surface area contributed by atoms with Crippen molar-refractivity contribution in [3.8, 4) is 0 Å². The molecular weight excluding hydrogens is 336 g/mol. The smallest absolute Gasteiger partial charge is 0.191 e. The van der Waals surface area contributed by atoms with E-state index in [-0.39, 0.29) is 12.4 Å². The molecule has 2 N–H and O–H groups in total. The Bertz CT molecular complexity index is 592. The second kappa shape index (κ2) is 9.84. The molecule has 0 saturated heterocycles. The number of nitrogens with zero attached hydrogens (tertiary/aromatic N) is 2. The van der Waals surface area contributed by atoms with Gasteiger partial charge in [0.05, 0.1) is 29.7 Å². The Balaban J connectivity index is 2.15. The molecule has 0 aromatic carbocycles. The van der Waals surface area contributed by atoms with Crippen LogP contribution < -0.4 is 10.6 Å². The van der Waals surface area contributed by atoms with Crippen LogP contribution in [0.1, 0.15) is 15.6 Å². The van der Waals surface area contributed by atoms with Gasteiger partial charge in [-0.05, 0) is 13.8 Å². The van der Waals surface area contributed by atoms with E-state index in [1.165, 1.54) is 11.1 Å². The molecule has 9 heteroatoms. The Morgan fingerprint density at radius 1 is 1.26 bits per heavy atom.